The van der Waals surface area contributed by atoms with Crippen LogP contribution in [0, 0.1) is 5.92 Å². The molecule has 1 amide bonds. The Morgan fingerprint density at radius 1 is 1.53 bits per heavy atom. The van der Waals surface area contributed by atoms with E-state index in [1.807, 2.05) is 13.8 Å². The molecule has 2 atom stereocenters. The second-order valence-electron chi connectivity index (χ2n) is 5.96. The van der Waals surface area contributed by atoms with E-state index in [1.54, 1.807) is 0 Å². The van der Waals surface area contributed by atoms with Gasteiger partial charge in [-0.1, -0.05) is 0 Å². The Morgan fingerprint density at radius 3 is 2.74 bits per heavy atom. The Balaban J connectivity index is 2.20. The molecule has 0 aromatic rings. The molecule has 0 saturated carbocycles. The number of likely N-dealkylation sites (tertiary alicyclic amines) is 1. The summed E-state index contributed by atoms with van der Waals surface area (Å²) >= 11 is 0. The molecule has 0 aliphatic carbocycles. The highest BCUT2D eigenvalue weighted by Gasteiger charge is 2.40. The number of aliphatic hydroxyl groups excluding tert-OH is 2. The standard InChI is InChI=1S/C13H26N2O4/c1-13(2)6-10(8-15(13)12(18)19)4-3-5-14-7-11(17)9-16/h10-11,14,16-17H,3-9H2,1-2H3,(H,18,19)/t10-,11?/m0/s1. The van der Waals surface area contributed by atoms with Gasteiger partial charge < -0.3 is 25.5 Å². The molecule has 4 N–H and O–H groups in total. The quantitative estimate of drug-likeness (QED) is 0.507. The van der Waals surface area contributed by atoms with Crippen LogP contribution in [0.15, 0.2) is 0 Å². The predicted molar refractivity (Wildman–Crippen MR) is 72.1 cm³/mol. The summed E-state index contributed by atoms with van der Waals surface area (Å²) in [7, 11) is 0. The molecule has 0 aromatic heterocycles. The number of aliphatic hydroxyl groups is 2. The highest BCUT2D eigenvalue weighted by molar-refractivity contribution is 5.66. The molecule has 1 saturated heterocycles. The third kappa shape index (κ3) is 4.97. The number of amides is 1. The topological polar surface area (TPSA) is 93.0 Å². The van der Waals surface area contributed by atoms with Gasteiger partial charge in [-0.25, -0.2) is 4.79 Å². The van der Waals surface area contributed by atoms with Crippen molar-refractivity contribution >= 4 is 6.09 Å². The Hall–Kier alpha value is -0.850. The van der Waals surface area contributed by atoms with E-state index in [1.165, 1.54) is 4.90 Å². The summed E-state index contributed by atoms with van der Waals surface area (Å²) in [5, 5.41) is 30.0. The molecule has 1 heterocycles. The largest absolute Gasteiger partial charge is 0.465 e. The third-order valence-corrected chi connectivity index (χ3v) is 3.75. The normalized spacial score (nSPS) is 23.6. The lowest BCUT2D eigenvalue weighted by molar-refractivity contribution is 0.0944. The maximum absolute atomic E-state index is 11.1. The fraction of sp³-hybridized carbons (Fsp3) is 0.923. The molecule has 0 radical (unpaired) electrons. The number of carbonyl (C=O) groups is 1. The van der Waals surface area contributed by atoms with E-state index in [9.17, 15) is 4.79 Å². The highest BCUT2D eigenvalue weighted by atomic mass is 16.4. The van der Waals surface area contributed by atoms with Crippen LogP contribution in [0.4, 0.5) is 4.79 Å². The van der Waals surface area contributed by atoms with Crippen molar-refractivity contribution in [2.75, 3.05) is 26.2 Å². The van der Waals surface area contributed by atoms with Gasteiger partial charge in [-0.05, 0) is 45.6 Å². The number of carboxylic acid groups (broad SMARTS) is 1. The van der Waals surface area contributed by atoms with E-state index in [0.29, 0.717) is 19.0 Å². The smallest absolute Gasteiger partial charge is 0.407 e. The molecule has 1 rings (SSSR count). The lowest BCUT2D eigenvalue weighted by Gasteiger charge is -2.28. The first-order chi connectivity index (χ1) is 8.86. The zero-order chi connectivity index (χ0) is 14.5. The van der Waals surface area contributed by atoms with E-state index < -0.39 is 12.2 Å². The van der Waals surface area contributed by atoms with Gasteiger partial charge in [0, 0.05) is 18.6 Å². The van der Waals surface area contributed by atoms with Crippen molar-refractivity contribution in [2.45, 2.75) is 44.8 Å². The van der Waals surface area contributed by atoms with Crippen molar-refractivity contribution in [3.05, 3.63) is 0 Å². The fourth-order valence-corrected chi connectivity index (χ4v) is 2.77. The minimum atomic E-state index is -0.836. The van der Waals surface area contributed by atoms with Crippen molar-refractivity contribution in [3.8, 4) is 0 Å². The third-order valence-electron chi connectivity index (χ3n) is 3.75. The molecule has 6 heteroatoms. The minimum absolute atomic E-state index is 0.225. The average molecular weight is 274 g/mol. The van der Waals surface area contributed by atoms with E-state index >= 15 is 0 Å². The van der Waals surface area contributed by atoms with E-state index in [2.05, 4.69) is 5.32 Å². The summed E-state index contributed by atoms with van der Waals surface area (Å²) in [4.78, 5) is 12.6. The zero-order valence-electron chi connectivity index (χ0n) is 11.8. The number of hydrogen-bond donors (Lipinski definition) is 4. The van der Waals surface area contributed by atoms with Gasteiger partial charge in [0.15, 0.2) is 0 Å². The van der Waals surface area contributed by atoms with Gasteiger partial charge in [0.2, 0.25) is 0 Å². The molecule has 1 fully saturated rings. The van der Waals surface area contributed by atoms with E-state index in [0.717, 1.165) is 25.8 Å². The van der Waals surface area contributed by atoms with Gasteiger partial charge in [0.25, 0.3) is 0 Å². The summed E-state index contributed by atoms with van der Waals surface area (Å²) in [6.07, 6.45) is 1.30. The van der Waals surface area contributed by atoms with Crippen LogP contribution in [0.1, 0.15) is 33.1 Å². The van der Waals surface area contributed by atoms with E-state index in [4.69, 9.17) is 15.3 Å². The van der Waals surface area contributed by atoms with Crippen LogP contribution in [-0.4, -0.2) is 64.2 Å². The second-order valence-corrected chi connectivity index (χ2v) is 5.96. The van der Waals surface area contributed by atoms with E-state index in [-0.39, 0.29) is 12.1 Å². The number of rotatable bonds is 7. The van der Waals surface area contributed by atoms with Crippen LogP contribution < -0.4 is 5.32 Å². The van der Waals surface area contributed by atoms with Gasteiger partial charge in [-0.3, -0.25) is 0 Å². The lowest BCUT2D eigenvalue weighted by Crippen LogP contribution is -2.41. The van der Waals surface area contributed by atoms with Gasteiger partial charge >= 0.3 is 6.09 Å². The Morgan fingerprint density at radius 2 is 2.21 bits per heavy atom. The van der Waals surface area contributed by atoms with Crippen molar-refractivity contribution in [1.29, 1.82) is 0 Å². The molecule has 1 aliphatic rings. The predicted octanol–water partition coefficient (Wildman–Crippen LogP) is 0.488. The first-order valence-electron chi connectivity index (χ1n) is 6.87. The molecule has 112 valence electrons. The zero-order valence-corrected chi connectivity index (χ0v) is 11.8. The van der Waals surface area contributed by atoms with Crippen LogP contribution in [0.3, 0.4) is 0 Å². The van der Waals surface area contributed by atoms with Crippen LogP contribution in [0.2, 0.25) is 0 Å². The number of nitrogens with zero attached hydrogens (tertiary/aromatic N) is 1. The Kier molecular flexibility index (Phi) is 6.03. The molecule has 6 nitrogen and oxygen atoms in total. The van der Waals surface area contributed by atoms with Gasteiger partial charge in [0.1, 0.15) is 0 Å². The first-order valence-corrected chi connectivity index (χ1v) is 6.87. The van der Waals surface area contributed by atoms with Crippen molar-refractivity contribution in [3.63, 3.8) is 0 Å². The van der Waals surface area contributed by atoms with Crippen molar-refractivity contribution in [2.24, 2.45) is 5.92 Å². The van der Waals surface area contributed by atoms with Crippen LogP contribution in [-0.2, 0) is 0 Å². The monoisotopic (exact) mass is 274 g/mol. The van der Waals surface area contributed by atoms with Crippen LogP contribution in [0.25, 0.3) is 0 Å². The maximum Gasteiger partial charge on any atom is 0.407 e. The van der Waals surface area contributed by atoms with Gasteiger partial charge in [0.05, 0.1) is 12.7 Å². The number of hydrogen-bond acceptors (Lipinski definition) is 4. The minimum Gasteiger partial charge on any atom is -0.465 e. The maximum atomic E-state index is 11.1. The Bertz CT molecular complexity index is 296. The molecule has 1 aliphatic heterocycles. The molecular formula is C13H26N2O4. The van der Waals surface area contributed by atoms with Gasteiger partial charge in [-0.2, -0.15) is 0 Å². The van der Waals surface area contributed by atoms with Crippen molar-refractivity contribution in [1.82, 2.24) is 10.2 Å². The highest BCUT2D eigenvalue weighted by Crippen LogP contribution is 2.34. The summed E-state index contributed by atoms with van der Waals surface area (Å²) in [6.45, 7) is 5.50. The van der Waals surface area contributed by atoms with Gasteiger partial charge in [-0.15, -0.1) is 0 Å². The summed E-state index contributed by atoms with van der Waals surface area (Å²) in [5.74, 6) is 0.413. The SMILES string of the molecule is CC1(C)C[C@H](CCCNCC(O)CO)CN1C(=O)O. The van der Waals surface area contributed by atoms with Crippen LogP contribution in [0.5, 0.6) is 0 Å². The van der Waals surface area contributed by atoms with Crippen LogP contribution >= 0.6 is 0 Å². The molecule has 0 bridgehead atoms. The molecule has 0 spiro atoms. The summed E-state index contributed by atoms with van der Waals surface area (Å²) < 4.78 is 0. The molecule has 0 aromatic carbocycles. The number of nitrogens with one attached hydrogen (secondary N) is 1. The Labute approximate surface area is 114 Å². The molecular weight excluding hydrogens is 248 g/mol. The molecule has 1 unspecified atom stereocenters. The first kappa shape index (κ1) is 16.2. The molecule has 19 heavy (non-hydrogen) atoms. The average Bonchev–Trinajstić information content (AvgIpc) is 2.63. The summed E-state index contributed by atoms with van der Waals surface area (Å²) in [5.41, 5.74) is -0.267. The summed E-state index contributed by atoms with van der Waals surface area (Å²) in [6, 6.07) is 0. The van der Waals surface area contributed by atoms with Crippen molar-refractivity contribution < 1.29 is 20.1 Å². The lowest BCUT2D eigenvalue weighted by atomic mass is 9.93. The fourth-order valence-electron chi connectivity index (χ4n) is 2.77. The second kappa shape index (κ2) is 7.07.